The molecule has 0 bridgehead atoms. The zero-order valence-electron chi connectivity index (χ0n) is 10.3. The van der Waals surface area contributed by atoms with E-state index in [1.54, 1.807) is 6.07 Å². The van der Waals surface area contributed by atoms with E-state index in [0.717, 1.165) is 24.7 Å². The maximum atomic E-state index is 11.2. The van der Waals surface area contributed by atoms with Crippen molar-refractivity contribution in [3.8, 4) is 0 Å². The molecule has 1 aliphatic carbocycles. The number of methoxy groups -OCH3 is 1. The van der Waals surface area contributed by atoms with Crippen LogP contribution in [0.1, 0.15) is 41.9 Å². The molecule has 1 aromatic rings. The van der Waals surface area contributed by atoms with Crippen molar-refractivity contribution >= 4 is 5.97 Å². The van der Waals surface area contributed by atoms with Crippen molar-refractivity contribution in [1.82, 2.24) is 10.3 Å². The van der Waals surface area contributed by atoms with Crippen molar-refractivity contribution in [2.75, 3.05) is 13.7 Å². The number of carbonyl (C=O) groups is 1. The average molecular weight is 236 g/mol. The standard InChI is InChI=1S/C13H20N2O2/c1-17-13(16)12-7-6-11(15-12)9-14-8-2-3-10-4-5-10/h6-7,10,14-15H,2-5,8-9H2,1H3. The molecule has 4 nitrogen and oxygen atoms in total. The van der Waals surface area contributed by atoms with Crippen LogP contribution in [0, 0.1) is 5.92 Å². The Balaban J connectivity index is 1.64. The number of esters is 1. The largest absolute Gasteiger partial charge is 0.464 e. The first-order valence-corrected chi connectivity index (χ1v) is 6.26. The van der Waals surface area contributed by atoms with E-state index < -0.39 is 0 Å². The highest BCUT2D eigenvalue weighted by Gasteiger charge is 2.19. The molecule has 0 aromatic carbocycles. The number of ether oxygens (including phenoxy) is 1. The first-order chi connectivity index (χ1) is 8.29. The number of aromatic amines is 1. The van der Waals surface area contributed by atoms with Gasteiger partial charge in [-0.3, -0.25) is 0 Å². The minimum atomic E-state index is -0.315. The third kappa shape index (κ3) is 3.89. The van der Waals surface area contributed by atoms with Gasteiger partial charge in [-0.25, -0.2) is 4.79 Å². The van der Waals surface area contributed by atoms with Gasteiger partial charge >= 0.3 is 5.97 Å². The predicted octanol–water partition coefficient (Wildman–Crippen LogP) is 2.08. The van der Waals surface area contributed by atoms with Gasteiger partial charge in [0.2, 0.25) is 0 Å². The van der Waals surface area contributed by atoms with Gasteiger partial charge in [0.1, 0.15) is 5.69 Å². The molecule has 0 unspecified atom stereocenters. The molecule has 1 aromatic heterocycles. The SMILES string of the molecule is COC(=O)c1ccc(CNCCCC2CC2)[nH]1. The van der Waals surface area contributed by atoms with Gasteiger partial charge in [-0.1, -0.05) is 12.8 Å². The fourth-order valence-corrected chi connectivity index (χ4v) is 1.92. The van der Waals surface area contributed by atoms with Crippen molar-refractivity contribution in [1.29, 1.82) is 0 Å². The number of hydrogen-bond acceptors (Lipinski definition) is 3. The van der Waals surface area contributed by atoms with Crippen LogP contribution in [0.5, 0.6) is 0 Å². The van der Waals surface area contributed by atoms with E-state index in [0.29, 0.717) is 5.69 Å². The molecule has 1 aliphatic rings. The van der Waals surface area contributed by atoms with E-state index in [9.17, 15) is 4.79 Å². The van der Waals surface area contributed by atoms with Gasteiger partial charge in [0.05, 0.1) is 7.11 Å². The van der Waals surface area contributed by atoms with Crippen molar-refractivity contribution < 1.29 is 9.53 Å². The zero-order chi connectivity index (χ0) is 12.1. The number of nitrogens with one attached hydrogen (secondary N) is 2. The summed E-state index contributed by atoms with van der Waals surface area (Å²) < 4.78 is 4.64. The zero-order valence-corrected chi connectivity index (χ0v) is 10.3. The van der Waals surface area contributed by atoms with E-state index in [2.05, 4.69) is 15.0 Å². The topological polar surface area (TPSA) is 54.1 Å². The third-order valence-corrected chi connectivity index (χ3v) is 3.13. The van der Waals surface area contributed by atoms with Crippen LogP contribution in [0.2, 0.25) is 0 Å². The van der Waals surface area contributed by atoms with Crippen LogP contribution in [-0.2, 0) is 11.3 Å². The Morgan fingerprint density at radius 3 is 3.06 bits per heavy atom. The lowest BCUT2D eigenvalue weighted by Crippen LogP contribution is -2.15. The van der Waals surface area contributed by atoms with Gasteiger partial charge in [0.25, 0.3) is 0 Å². The van der Waals surface area contributed by atoms with Gasteiger partial charge < -0.3 is 15.0 Å². The van der Waals surface area contributed by atoms with Crippen LogP contribution in [0.3, 0.4) is 0 Å². The lowest BCUT2D eigenvalue weighted by Gasteiger charge is -2.02. The first-order valence-electron chi connectivity index (χ1n) is 6.26. The molecule has 0 amide bonds. The Labute approximate surface area is 102 Å². The third-order valence-electron chi connectivity index (χ3n) is 3.13. The fourth-order valence-electron chi connectivity index (χ4n) is 1.92. The normalized spacial score (nSPS) is 14.9. The lowest BCUT2D eigenvalue weighted by molar-refractivity contribution is 0.0594. The summed E-state index contributed by atoms with van der Waals surface area (Å²) in [7, 11) is 1.39. The van der Waals surface area contributed by atoms with E-state index in [4.69, 9.17) is 0 Å². The molecule has 0 saturated heterocycles. The summed E-state index contributed by atoms with van der Waals surface area (Å²) in [6.45, 7) is 1.82. The number of hydrogen-bond donors (Lipinski definition) is 2. The second-order valence-electron chi connectivity index (χ2n) is 4.65. The van der Waals surface area contributed by atoms with E-state index >= 15 is 0 Å². The smallest absolute Gasteiger partial charge is 0.354 e. The molecule has 1 heterocycles. The minimum absolute atomic E-state index is 0.315. The Hall–Kier alpha value is -1.29. The number of rotatable bonds is 7. The first kappa shape index (κ1) is 12.2. The summed E-state index contributed by atoms with van der Waals surface area (Å²) in [6.07, 6.45) is 5.46. The van der Waals surface area contributed by atoms with Crippen LogP contribution >= 0.6 is 0 Å². The molecule has 4 heteroatoms. The van der Waals surface area contributed by atoms with Crippen LogP contribution in [-0.4, -0.2) is 24.6 Å². The second-order valence-corrected chi connectivity index (χ2v) is 4.65. The molecule has 0 aliphatic heterocycles. The molecule has 0 spiro atoms. The van der Waals surface area contributed by atoms with Gasteiger partial charge in [-0.15, -0.1) is 0 Å². The molecule has 2 N–H and O–H groups in total. The van der Waals surface area contributed by atoms with E-state index in [-0.39, 0.29) is 5.97 Å². The van der Waals surface area contributed by atoms with Crippen molar-refractivity contribution in [2.45, 2.75) is 32.2 Å². The van der Waals surface area contributed by atoms with Crippen molar-refractivity contribution in [3.63, 3.8) is 0 Å². The molecule has 0 radical (unpaired) electrons. The Morgan fingerprint density at radius 1 is 1.53 bits per heavy atom. The highest BCUT2D eigenvalue weighted by atomic mass is 16.5. The van der Waals surface area contributed by atoms with Crippen molar-refractivity contribution in [2.24, 2.45) is 5.92 Å². The van der Waals surface area contributed by atoms with E-state index in [1.165, 1.54) is 32.8 Å². The molecule has 1 fully saturated rings. The summed E-state index contributed by atoms with van der Waals surface area (Å²) in [5, 5.41) is 3.37. The number of H-pyrrole nitrogens is 1. The van der Waals surface area contributed by atoms with E-state index in [1.807, 2.05) is 6.07 Å². The van der Waals surface area contributed by atoms with Crippen molar-refractivity contribution in [3.05, 3.63) is 23.5 Å². The fraction of sp³-hybridized carbons (Fsp3) is 0.615. The lowest BCUT2D eigenvalue weighted by atomic mass is 10.2. The van der Waals surface area contributed by atoms with Crippen LogP contribution in [0.25, 0.3) is 0 Å². The maximum Gasteiger partial charge on any atom is 0.354 e. The molecule has 17 heavy (non-hydrogen) atoms. The van der Waals surface area contributed by atoms with Gasteiger partial charge in [-0.2, -0.15) is 0 Å². The maximum absolute atomic E-state index is 11.2. The summed E-state index contributed by atoms with van der Waals surface area (Å²) in [5.74, 6) is 0.693. The summed E-state index contributed by atoms with van der Waals surface area (Å²) in [6, 6.07) is 3.67. The molecule has 1 saturated carbocycles. The summed E-state index contributed by atoms with van der Waals surface area (Å²) in [5.41, 5.74) is 1.54. The second kappa shape index (κ2) is 5.87. The molecular weight excluding hydrogens is 216 g/mol. The predicted molar refractivity (Wildman–Crippen MR) is 65.8 cm³/mol. The van der Waals surface area contributed by atoms with Crippen LogP contribution < -0.4 is 5.32 Å². The number of aromatic nitrogens is 1. The van der Waals surface area contributed by atoms with Crippen LogP contribution in [0.15, 0.2) is 12.1 Å². The molecule has 2 rings (SSSR count). The van der Waals surface area contributed by atoms with Gasteiger partial charge in [-0.05, 0) is 37.4 Å². The van der Waals surface area contributed by atoms with Gasteiger partial charge in [0.15, 0.2) is 0 Å². The summed E-state index contributed by atoms with van der Waals surface area (Å²) >= 11 is 0. The number of carbonyl (C=O) groups excluding carboxylic acids is 1. The average Bonchev–Trinajstić information content (AvgIpc) is 3.05. The quantitative estimate of drug-likeness (QED) is 0.563. The Kier molecular flexibility index (Phi) is 4.20. The Bertz CT molecular complexity index is 369. The van der Waals surface area contributed by atoms with Gasteiger partial charge in [0, 0.05) is 12.2 Å². The minimum Gasteiger partial charge on any atom is -0.464 e. The summed E-state index contributed by atoms with van der Waals surface area (Å²) in [4.78, 5) is 14.2. The van der Waals surface area contributed by atoms with Crippen LogP contribution in [0.4, 0.5) is 0 Å². The highest BCUT2D eigenvalue weighted by Crippen LogP contribution is 2.33. The highest BCUT2D eigenvalue weighted by molar-refractivity contribution is 5.87. The molecule has 0 atom stereocenters. The monoisotopic (exact) mass is 236 g/mol. The molecular formula is C13H20N2O2. The molecule has 94 valence electrons. The Morgan fingerprint density at radius 2 is 2.35 bits per heavy atom.